The second-order valence-electron chi connectivity index (χ2n) is 16.1. The Balaban J connectivity index is 1.22. The van der Waals surface area contributed by atoms with Crippen LogP contribution in [0.2, 0.25) is 0 Å². The lowest BCUT2D eigenvalue weighted by molar-refractivity contribution is 0.00484. The quantitative estimate of drug-likeness (QED) is 0.159. The minimum absolute atomic E-state index is 0.396. The number of rotatable bonds is 7. The second-order valence-corrected chi connectivity index (χ2v) is 16.1. The molecule has 1 aliphatic heterocycles. The van der Waals surface area contributed by atoms with E-state index in [2.05, 4.69) is 134 Å². The van der Waals surface area contributed by atoms with Gasteiger partial charge >= 0.3 is 0 Å². The first-order valence-electron chi connectivity index (χ1n) is 22.5. The first-order valence-corrected chi connectivity index (χ1v) is 22.5. The molecule has 324 valence electrons. The first kappa shape index (κ1) is 42.3. The number of benzene rings is 7. The van der Waals surface area contributed by atoms with Crippen LogP contribution in [0.3, 0.4) is 0 Å². The molecule has 0 radical (unpaired) electrons. The van der Waals surface area contributed by atoms with E-state index in [1.54, 1.807) is 0 Å². The van der Waals surface area contributed by atoms with Crippen molar-refractivity contribution in [3.05, 3.63) is 171 Å². The molecule has 8 nitrogen and oxygen atoms in total. The van der Waals surface area contributed by atoms with Crippen molar-refractivity contribution in [1.29, 1.82) is 0 Å². The summed E-state index contributed by atoms with van der Waals surface area (Å²) >= 11 is 0. The van der Waals surface area contributed by atoms with Gasteiger partial charge in [-0.25, -0.2) is 0 Å². The molecular weight excluding hydrogens is 787 g/mol. The van der Waals surface area contributed by atoms with Crippen LogP contribution in [0.4, 0.5) is 5.69 Å². The molecule has 0 amide bonds. The Labute approximate surface area is 371 Å². The topological polar surface area (TPSA) is 76.6 Å². The molecule has 7 aromatic carbocycles. The molecule has 0 spiro atoms. The van der Waals surface area contributed by atoms with E-state index in [0.717, 1.165) is 73.2 Å². The molecule has 7 aromatic rings. The average molecular weight is 844 g/mol. The van der Waals surface area contributed by atoms with Crippen molar-refractivity contribution < 1.29 is 33.2 Å². The summed E-state index contributed by atoms with van der Waals surface area (Å²) in [6.45, 7) is 9.40. The Morgan fingerprint density at radius 2 is 0.825 bits per heavy atom. The van der Waals surface area contributed by atoms with E-state index in [0.29, 0.717) is 98.3 Å². The third kappa shape index (κ3) is 9.79. The molecule has 8 heteroatoms. The Bertz CT molecular complexity index is 2510. The third-order valence-corrected chi connectivity index (χ3v) is 11.9. The summed E-state index contributed by atoms with van der Waals surface area (Å²) < 4.78 is 44.6. The largest absolute Gasteiger partial charge is 0.493 e. The van der Waals surface area contributed by atoms with Crippen LogP contribution in [0, 0.1) is 0 Å². The molecule has 63 heavy (non-hydrogen) atoms. The SMILES string of the molecule is CCOc1c2cccc1Cc1cccc3c1OCCOCCOCCOCCOc1c(cccc1Cc1cc(NCc4c5ccccc5cc5ccccc45)cc(c1OCC)C3)C2. The maximum Gasteiger partial charge on any atom is 0.126 e. The van der Waals surface area contributed by atoms with Crippen LogP contribution in [0.15, 0.2) is 121 Å². The second kappa shape index (κ2) is 20.4. The maximum atomic E-state index is 6.79. The van der Waals surface area contributed by atoms with Gasteiger partial charge in [0.05, 0.1) is 52.9 Å². The molecular formula is C55H57NO7. The highest BCUT2D eigenvalue weighted by molar-refractivity contribution is 6.02. The van der Waals surface area contributed by atoms with E-state index in [9.17, 15) is 0 Å². The van der Waals surface area contributed by atoms with E-state index >= 15 is 0 Å². The van der Waals surface area contributed by atoms with Gasteiger partial charge in [0.1, 0.15) is 36.2 Å². The Morgan fingerprint density at radius 1 is 0.429 bits per heavy atom. The Hall–Kier alpha value is -6.06. The van der Waals surface area contributed by atoms with E-state index in [1.807, 2.05) is 6.92 Å². The lowest BCUT2D eigenvalue weighted by atomic mass is 9.91. The van der Waals surface area contributed by atoms with Crippen LogP contribution in [0.5, 0.6) is 23.0 Å². The standard InChI is InChI=1S/C55H57NO7/c1-3-60-52-40-14-9-15-41(52)32-43-17-11-19-45-34-47-36-48(56-37-51-49-20-7-5-12-38(49)30-39-13-6-8-21-50(39)51)35-46(55(47)61-4-2)33-44-18-10-16-42(31-40)53(44)62-28-26-58-24-22-57-23-25-59-27-29-63-54(43)45/h5-21,30,35-36,56H,3-4,22-29,31-34,37H2,1-2H3. The van der Waals surface area contributed by atoms with E-state index in [4.69, 9.17) is 33.2 Å². The number of nitrogens with one attached hydrogen (secondary N) is 1. The monoisotopic (exact) mass is 843 g/mol. The number of fused-ring (bicyclic) bond motifs is 4. The van der Waals surface area contributed by atoms with Crippen LogP contribution >= 0.6 is 0 Å². The van der Waals surface area contributed by atoms with Gasteiger partial charge < -0.3 is 38.5 Å². The van der Waals surface area contributed by atoms with E-state index < -0.39 is 0 Å². The molecule has 10 bridgehead atoms. The van der Waals surface area contributed by atoms with Gasteiger partial charge in [0.15, 0.2) is 0 Å². The average Bonchev–Trinajstić information content (AvgIpc) is 3.29. The van der Waals surface area contributed by atoms with Crippen LogP contribution in [-0.4, -0.2) is 66.1 Å². The van der Waals surface area contributed by atoms with Gasteiger partial charge in [0.25, 0.3) is 0 Å². The smallest absolute Gasteiger partial charge is 0.126 e. The van der Waals surface area contributed by atoms with Crippen molar-refractivity contribution in [1.82, 2.24) is 0 Å². The first-order chi connectivity index (χ1) is 31.2. The zero-order valence-electron chi connectivity index (χ0n) is 36.5. The minimum atomic E-state index is 0.396. The fraction of sp³-hybridized carbons (Fsp3) is 0.309. The molecule has 1 aliphatic carbocycles. The highest BCUT2D eigenvalue weighted by Gasteiger charge is 2.23. The molecule has 0 saturated heterocycles. The summed E-state index contributed by atoms with van der Waals surface area (Å²) in [6, 6.07) is 43.7. The molecule has 9 rings (SSSR count). The molecule has 0 atom stereocenters. The molecule has 1 N–H and O–H groups in total. The van der Waals surface area contributed by atoms with Crippen molar-refractivity contribution in [2.75, 3.05) is 71.4 Å². The fourth-order valence-corrected chi connectivity index (χ4v) is 9.16. The van der Waals surface area contributed by atoms with Crippen LogP contribution < -0.4 is 24.3 Å². The minimum Gasteiger partial charge on any atom is -0.493 e. The Morgan fingerprint density at radius 3 is 1.29 bits per heavy atom. The number of para-hydroxylation sites is 3. The predicted molar refractivity (Wildman–Crippen MR) is 252 cm³/mol. The number of ether oxygens (including phenoxy) is 7. The van der Waals surface area contributed by atoms with Gasteiger partial charge in [-0.15, -0.1) is 0 Å². The van der Waals surface area contributed by atoms with E-state index in [1.165, 1.54) is 27.1 Å². The molecule has 0 fully saturated rings. The Kier molecular flexibility index (Phi) is 13.7. The normalized spacial score (nSPS) is 15.0. The van der Waals surface area contributed by atoms with Gasteiger partial charge in [-0.2, -0.15) is 0 Å². The summed E-state index contributed by atoms with van der Waals surface area (Å²) in [6.07, 6.45) is 2.44. The van der Waals surface area contributed by atoms with Crippen molar-refractivity contribution >= 4 is 27.2 Å². The van der Waals surface area contributed by atoms with Crippen LogP contribution in [-0.2, 0) is 46.4 Å². The summed E-state index contributed by atoms with van der Waals surface area (Å²) in [4.78, 5) is 0. The van der Waals surface area contributed by atoms with E-state index in [-0.39, 0.29) is 0 Å². The van der Waals surface area contributed by atoms with Crippen LogP contribution in [0.25, 0.3) is 21.5 Å². The fourth-order valence-electron chi connectivity index (χ4n) is 9.16. The van der Waals surface area contributed by atoms with Gasteiger partial charge in [0.2, 0.25) is 0 Å². The van der Waals surface area contributed by atoms with Crippen molar-refractivity contribution in [2.24, 2.45) is 0 Å². The van der Waals surface area contributed by atoms with Gasteiger partial charge in [0, 0.05) is 49.0 Å². The predicted octanol–water partition coefficient (Wildman–Crippen LogP) is 10.9. The van der Waals surface area contributed by atoms with Crippen molar-refractivity contribution in [2.45, 2.75) is 46.1 Å². The molecule has 0 saturated carbocycles. The van der Waals surface area contributed by atoms with Crippen LogP contribution in [0.1, 0.15) is 63.9 Å². The summed E-state index contributed by atoms with van der Waals surface area (Å²) in [5, 5.41) is 8.87. The summed E-state index contributed by atoms with van der Waals surface area (Å²) in [5.41, 5.74) is 11.0. The number of hydrogen-bond acceptors (Lipinski definition) is 8. The van der Waals surface area contributed by atoms with Gasteiger partial charge in [-0.1, -0.05) is 103 Å². The zero-order valence-corrected chi connectivity index (χ0v) is 36.5. The molecule has 1 heterocycles. The van der Waals surface area contributed by atoms with Crippen molar-refractivity contribution in [3.63, 3.8) is 0 Å². The summed E-state index contributed by atoms with van der Waals surface area (Å²) in [5.74, 6) is 3.52. The van der Waals surface area contributed by atoms with Crippen molar-refractivity contribution in [3.8, 4) is 23.0 Å². The molecule has 0 unspecified atom stereocenters. The lowest BCUT2D eigenvalue weighted by Crippen LogP contribution is -2.16. The molecule has 0 aromatic heterocycles. The number of anilines is 1. The van der Waals surface area contributed by atoms with Gasteiger partial charge in [-0.05, 0) is 92.5 Å². The zero-order chi connectivity index (χ0) is 42.8. The number of hydrogen-bond donors (Lipinski definition) is 1. The highest BCUT2D eigenvalue weighted by Crippen LogP contribution is 2.40. The molecule has 2 aliphatic rings. The summed E-state index contributed by atoms with van der Waals surface area (Å²) in [7, 11) is 0. The lowest BCUT2D eigenvalue weighted by Gasteiger charge is -2.23. The third-order valence-electron chi connectivity index (χ3n) is 11.9. The van der Waals surface area contributed by atoms with Gasteiger partial charge in [-0.3, -0.25) is 0 Å². The maximum absolute atomic E-state index is 6.79. The highest BCUT2D eigenvalue weighted by atomic mass is 16.6.